The van der Waals surface area contributed by atoms with Crippen LogP contribution in [0.4, 0.5) is 0 Å². The van der Waals surface area contributed by atoms with E-state index in [0.717, 1.165) is 10.0 Å². The van der Waals surface area contributed by atoms with Gasteiger partial charge in [-0.1, -0.05) is 46.3 Å². The van der Waals surface area contributed by atoms with Crippen molar-refractivity contribution in [2.24, 2.45) is 5.73 Å². The first-order chi connectivity index (χ1) is 10.1. The average Bonchev–Trinajstić information content (AvgIpc) is 2.73. The van der Waals surface area contributed by atoms with Crippen LogP contribution in [-0.4, -0.2) is 23.3 Å². The Morgan fingerprint density at radius 2 is 1.67 bits per heavy atom. The number of carbonyl (C=O) groups excluding carboxylic acids is 2. The van der Waals surface area contributed by atoms with E-state index in [4.69, 9.17) is 5.73 Å². The quantitative estimate of drug-likeness (QED) is 0.870. The zero-order valence-electron chi connectivity index (χ0n) is 11.1. The number of rotatable bonds is 3. The van der Waals surface area contributed by atoms with Crippen LogP contribution in [-0.2, 0) is 0 Å². The van der Waals surface area contributed by atoms with Crippen molar-refractivity contribution in [2.75, 3.05) is 6.54 Å². The fourth-order valence-corrected chi connectivity index (χ4v) is 2.79. The van der Waals surface area contributed by atoms with Crippen molar-refractivity contribution in [3.8, 4) is 0 Å². The van der Waals surface area contributed by atoms with E-state index in [1.165, 1.54) is 4.90 Å². The van der Waals surface area contributed by atoms with E-state index in [2.05, 4.69) is 15.9 Å². The molecule has 3 rings (SSSR count). The molecular weight excluding hydrogens is 332 g/mol. The Balaban J connectivity index is 1.85. The first kappa shape index (κ1) is 14.0. The van der Waals surface area contributed by atoms with Crippen molar-refractivity contribution >= 4 is 27.7 Å². The van der Waals surface area contributed by atoms with E-state index in [9.17, 15) is 9.59 Å². The largest absolute Gasteiger partial charge is 0.322 e. The lowest BCUT2D eigenvalue weighted by Gasteiger charge is -2.19. The van der Waals surface area contributed by atoms with Gasteiger partial charge in [0.1, 0.15) is 0 Å². The maximum absolute atomic E-state index is 12.4. The van der Waals surface area contributed by atoms with Gasteiger partial charge < -0.3 is 5.73 Å². The molecule has 0 bridgehead atoms. The lowest BCUT2D eigenvalue weighted by atomic mass is 10.1. The van der Waals surface area contributed by atoms with E-state index in [1.807, 2.05) is 30.3 Å². The molecule has 0 aromatic heterocycles. The summed E-state index contributed by atoms with van der Waals surface area (Å²) in [5.74, 6) is -0.573. The highest BCUT2D eigenvalue weighted by Crippen LogP contribution is 2.27. The molecule has 1 heterocycles. The van der Waals surface area contributed by atoms with Gasteiger partial charge in [-0.3, -0.25) is 14.5 Å². The third-order valence-corrected chi connectivity index (χ3v) is 4.03. The zero-order valence-corrected chi connectivity index (χ0v) is 12.7. The average molecular weight is 345 g/mol. The summed E-state index contributed by atoms with van der Waals surface area (Å²) in [5, 5.41) is 0. The van der Waals surface area contributed by atoms with Crippen molar-refractivity contribution in [2.45, 2.75) is 6.04 Å². The lowest BCUT2D eigenvalue weighted by Crippen LogP contribution is -2.36. The molecule has 0 saturated carbocycles. The number of fused-ring (bicyclic) bond motifs is 1. The third-order valence-electron chi connectivity index (χ3n) is 3.54. The Bertz CT molecular complexity index is 715. The zero-order chi connectivity index (χ0) is 15.0. The topological polar surface area (TPSA) is 63.4 Å². The van der Waals surface area contributed by atoms with Crippen LogP contribution in [0.3, 0.4) is 0 Å². The highest BCUT2D eigenvalue weighted by molar-refractivity contribution is 9.10. The molecule has 4 nitrogen and oxygen atoms in total. The van der Waals surface area contributed by atoms with Crippen LogP contribution in [0, 0.1) is 0 Å². The van der Waals surface area contributed by atoms with Gasteiger partial charge >= 0.3 is 0 Å². The minimum absolute atomic E-state index is 0.175. The van der Waals surface area contributed by atoms with Gasteiger partial charge in [-0.15, -0.1) is 0 Å². The van der Waals surface area contributed by atoms with Crippen LogP contribution < -0.4 is 5.73 Å². The maximum atomic E-state index is 12.4. The molecule has 0 fully saturated rings. The molecule has 2 aromatic carbocycles. The summed E-state index contributed by atoms with van der Waals surface area (Å²) >= 11 is 3.31. The number of nitrogens with two attached hydrogens (primary N) is 1. The minimum atomic E-state index is -0.392. The third kappa shape index (κ3) is 2.50. The Hall–Kier alpha value is -1.98. The van der Waals surface area contributed by atoms with Crippen molar-refractivity contribution in [3.05, 3.63) is 69.7 Å². The Kier molecular flexibility index (Phi) is 3.61. The van der Waals surface area contributed by atoms with E-state index >= 15 is 0 Å². The van der Waals surface area contributed by atoms with Gasteiger partial charge in [0.2, 0.25) is 0 Å². The molecule has 1 aliphatic heterocycles. The van der Waals surface area contributed by atoms with Gasteiger partial charge in [-0.05, 0) is 23.8 Å². The van der Waals surface area contributed by atoms with E-state index in [0.29, 0.717) is 11.1 Å². The van der Waals surface area contributed by atoms with Crippen molar-refractivity contribution in [1.29, 1.82) is 0 Å². The SMILES string of the molecule is NC(CN1C(=O)c2ccc(Br)cc2C1=O)c1ccccc1. The number of carbonyl (C=O) groups is 2. The standard InChI is InChI=1S/C16H13BrN2O2/c17-11-6-7-12-13(8-11)16(21)19(15(12)20)9-14(18)10-4-2-1-3-5-10/h1-8,14H,9,18H2. The predicted octanol–water partition coefficient (Wildman–Crippen LogP) is 2.75. The number of amides is 2. The molecule has 2 amide bonds. The summed E-state index contributed by atoms with van der Waals surface area (Å²) in [5.41, 5.74) is 7.87. The van der Waals surface area contributed by atoms with E-state index < -0.39 is 6.04 Å². The fourth-order valence-electron chi connectivity index (χ4n) is 2.43. The number of nitrogens with zero attached hydrogens (tertiary/aromatic N) is 1. The Morgan fingerprint density at radius 3 is 2.38 bits per heavy atom. The summed E-state index contributed by atoms with van der Waals surface area (Å²) in [7, 11) is 0. The summed E-state index contributed by atoms with van der Waals surface area (Å²) in [4.78, 5) is 25.9. The first-order valence-electron chi connectivity index (χ1n) is 6.54. The summed E-state index contributed by atoms with van der Waals surface area (Å²) in [6, 6.07) is 14.1. The Morgan fingerprint density at radius 1 is 1.00 bits per heavy atom. The fraction of sp³-hybridized carbons (Fsp3) is 0.125. The number of benzene rings is 2. The highest BCUT2D eigenvalue weighted by Gasteiger charge is 2.36. The molecule has 0 saturated heterocycles. The second kappa shape index (κ2) is 5.42. The lowest BCUT2D eigenvalue weighted by molar-refractivity contribution is 0.0644. The van der Waals surface area contributed by atoms with Crippen molar-refractivity contribution < 1.29 is 9.59 Å². The highest BCUT2D eigenvalue weighted by atomic mass is 79.9. The molecule has 106 valence electrons. The summed E-state index contributed by atoms with van der Waals surface area (Å²) in [6.07, 6.45) is 0. The van der Waals surface area contributed by atoms with Crippen LogP contribution in [0.15, 0.2) is 53.0 Å². The second-order valence-electron chi connectivity index (χ2n) is 4.93. The molecule has 1 unspecified atom stereocenters. The van der Waals surface area contributed by atoms with Gasteiger partial charge in [0.25, 0.3) is 11.8 Å². The summed E-state index contributed by atoms with van der Waals surface area (Å²) in [6.45, 7) is 0.175. The van der Waals surface area contributed by atoms with Crippen LogP contribution in [0.1, 0.15) is 32.3 Å². The van der Waals surface area contributed by atoms with Gasteiger partial charge in [-0.25, -0.2) is 0 Å². The molecule has 2 N–H and O–H groups in total. The normalized spacial score (nSPS) is 15.2. The van der Waals surface area contributed by atoms with E-state index in [1.54, 1.807) is 18.2 Å². The molecular formula is C16H13BrN2O2. The molecule has 2 aromatic rings. The number of hydrogen-bond acceptors (Lipinski definition) is 3. The molecule has 0 radical (unpaired) electrons. The number of imide groups is 1. The van der Waals surface area contributed by atoms with Gasteiger partial charge in [0.15, 0.2) is 0 Å². The maximum Gasteiger partial charge on any atom is 0.261 e. The Labute approximate surface area is 130 Å². The van der Waals surface area contributed by atoms with Gasteiger partial charge in [0.05, 0.1) is 11.1 Å². The van der Waals surface area contributed by atoms with Crippen molar-refractivity contribution in [3.63, 3.8) is 0 Å². The first-order valence-corrected chi connectivity index (χ1v) is 7.33. The van der Waals surface area contributed by atoms with Crippen LogP contribution >= 0.6 is 15.9 Å². The van der Waals surface area contributed by atoms with Gasteiger partial charge in [-0.2, -0.15) is 0 Å². The van der Waals surface area contributed by atoms with Crippen LogP contribution in [0.2, 0.25) is 0 Å². The molecule has 1 aliphatic rings. The smallest absolute Gasteiger partial charge is 0.261 e. The number of halogens is 1. The molecule has 0 spiro atoms. The molecule has 1 atom stereocenters. The second-order valence-corrected chi connectivity index (χ2v) is 5.84. The predicted molar refractivity (Wildman–Crippen MR) is 82.9 cm³/mol. The summed E-state index contributed by atoms with van der Waals surface area (Å²) < 4.78 is 0.775. The monoisotopic (exact) mass is 344 g/mol. The van der Waals surface area contributed by atoms with E-state index in [-0.39, 0.29) is 18.4 Å². The van der Waals surface area contributed by atoms with Crippen molar-refractivity contribution in [1.82, 2.24) is 4.90 Å². The molecule has 5 heteroatoms. The van der Waals surface area contributed by atoms with Gasteiger partial charge in [0, 0.05) is 17.1 Å². The molecule has 0 aliphatic carbocycles. The van der Waals surface area contributed by atoms with Crippen LogP contribution in [0.25, 0.3) is 0 Å². The minimum Gasteiger partial charge on any atom is -0.322 e. The number of hydrogen-bond donors (Lipinski definition) is 1. The molecule has 21 heavy (non-hydrogen) atoms. The van der Waals surface area contributed by atoms with Crippen LogP contribution in [0.5, 0.6) is 0 Å².